The predicted octanol–water partition coefficient (Wildman–Crippen LogP) is 13.0. The van der Waals surface area contributed by atoms with Gasteiger partial charge in [0.25, 0.3) is 0 Å². The molecule has 0 aliphatic heterocycles. The number of hydrogen-bond acceptors (Lipinski definition) is 3. The quantitative estimate of drug-likeness (QED) is 0.185. The fourth-order valence-corrected chi connectivity index (χ4v) is 9.82. The van der Waals surface area contributed by atoms with Gasteiger partial charge in [-0.2, -0.15) is 0 Å². The van der Waals surface area contributed by atoms with Gasteiger partial charge in [0.2, 0.25) is 5.95 Å². The molecule has 0 radical (unpaired) electrons. The van der Waals surface area contributed by atoms with E-state index in [-0.39, 0.29) is 0 Å². The van der Waals surface area contributed by atoms with E-state index in [0.29, 0.717) is 5.95 Å². The standard InChI is InChI=1S/C48H28N4S/c1-2-13-31(14-3-1)51-41-20-10-7-16-33(41)38-27-39-34-17-8-11-21-42(34)52(44(39)28-43(38)51)48-49-40-19-9-6-18-37(40)46(50-48)30-23-24-35-36-25-22-29-12-4-5-15-32(29)47(36)53-45(35)26-30/h1-28H. The van der Waals surface area contributed by atoms with Crippen LogP contribution in [0.5, 0.6) is 0 Å². The molecule has 0 atom stereocenters. The van der Waals surface area contributed by atoms with E-state index in [1.165, 1.54) is 58.0 Å². The summed E-state index contributed by atoms with van der Waals surface area (Å²) in [6, 6.07) is 61.1. The van der Waals surface area contributed by atoms with Crippen LogP contribution in [0, 0.1) is 0 Å². The Morgan fingerprint density at radius 2 is 1.04 bits per heavy atom. The molecule has 0 saturated carbocycles. The van der Waals surface area contributed by atoms with E-state index >= 15 is 0 Å². The first kappa shape index (κ1) is 28.8. The maximum absolute atomic E-state index is 5.48. The van der Waals surface area contributed by atoms with Gasteiger partial charge < -0.3 is 4.57 Å². The van der Waals surface area contributed by atoms with Gasteiger partial charge in [-0.1, -0.05) is 121 Å². The van der Waals surface area contributed by atoms with Crippen LogP contribution in [0.15, 0.2) is 170 Å². The van der Waals surface area contributed by atoms with E-state index in [0.717, 1.165) is 44.4 Å². The second-order valence-corrected chi connectivity index (χ2v) is 14.8. The van der Waals surface area contributed by atoms with E-state index in [2.05, 4.69) is 179 Å². The zero-order valence-corrected chi connectivity index (χ0v) is 29.2. The second-order valence-electron chi connectivity index (χ2n) is 13.8. The van der Waals surface area contributed by atoms with E-state index < -0.39 is 0 Å². The van der Waals surface area contributed by atoms with Crippen LogP contribution in [-0.4, -0.2) is 19.1 Å². The van der Waals surface area contributed by atoms with Crippen LogP contribution in [0.3, 0.4) is 0 Å². The highest BCUT2D eigenvalue weighted by Gasteiger charge is 2.21. The Morgan fingerprint density at radius 1 is 0.396 bits per heavy atom. The molecule has 53 heavy (non-hydrogen) atoms. The smallest absolute Gasteiger partial charge is 0.235 e. The molecule has 4 heterocycles. The second kappa shape index (κ2) is 10.8. The van der Waals surface area contributed by atoms with Crippen molar-refractivity contribution in [1.29, 1.82) is 0 Å². The molecular formula is C48H28N4S. The zero-order chi connectivity index (χ0) is 34.6. The summed E-state index contributed by atoms with van der Waals surface area (Å²) < 4.78 is 7.22. The molecule has 0 aliphatic carbocycles. The minimum atomic E-state index is 0.661. The lowest BCUT2D eigenvalue weighted by Gasteiger charge is -2.12. The van der Waals surface area contributed by atoms with Gasteiger partial charge in [0.15, 0.2) is 0 Å². The highest BCUT2D eigenvalue weighted by Crippen LogP contribution is 2.42. The average molecular weight is 693 g/mol. The Balaban J connectivity index is 1.15. The molecule has 5 heteroatoms. The fraction of sp³-hybridized carbons (Fsp3) is 0. The van der Waals surface area contributed by atoms with Crippen molar-refractivity contribution in [3.05, 3.63) is 170 Å². The van der Waals surface area contributed by atoms with Crippen molar-refractivity contribution < 1.29 is 0 Å². The highest BCUT2D eigenvalue weighted by molar-refractivity contribution is 7.26. The summed E-state index contributed by atoms with van der Waals surface area (Å²) in [5, 5.41) is 11.0. The molecule has 0 aliphatic rings. The van der Waals surface area contributed by atoms with Crippen LogP contribution in [-0.2, 0) is 0 Å². The molecule has 0 saturated heterocycles. The Bertz CT molecular complexity index is 3460. The van der Waals surface area contributed by atoms with Crippen molar-refractivity contribution in [2.45, 2.75) is 0 Å². The molecule has 8 aromatic carbocycles. The number of aromatic nitrogens is 4. The van der Waals surface area contributed by atoms with Crippen molar-refractivity contribution in [1.82, 2.24) is 19.1 Å². The van der Waals surface area contributed by atoms with Gasteiger partial charge in [-0.3, -0.25) is 4.57 Å². The van der Waals surface area contributed by atoms with Crippen molar-refractivity contribution in [2.24, 2.45) is 0 Å². The van der Waals surface area contributed by atoms with Gasteiger partial charge in [0, 0.05) is 58.4 Å². The summed E-state index contributed by atoms with van der Waals surface area (Å²) in [6.07, 6.45) is 0. The SMILES string of the molecule is c1ccc(-n2c3ccccc3c3cc4c5ccccc5n(-c5nc(-c6ccc7c(c6)sc6c8ccccc8ccc76)c6ccccc6n5)c4cc32)cc1. The van der Waals surface area contributed by atoms with Gasteiger partial charge in [-0.05, 0) is 59.3 Å². The van der Waals surface area contributed by atoms with Gasteiger partial charge in [-0.25, -0.2) is 9.97 Å². The van der Waals surface area contributed by atoms with E-state index in [9.17, 15) is 0 Å². The number of thiophene rings is 1. The van der Waals surface area contributed by atoms with Crippen LogP contribution >= 0.6 is 11.3 Å². The molecule has 0 unspecified atom stereocenters. The van der Waals surface area contributed by atoms with Gasteiger partial charge in [0.1, 0.15) is 0 Å². The van der Waals surface area contributed by atoms with Crippen LogP contribution in [0.2, 0.25) is 0 Å². The first-order valence-corrected chi connectivity index (χ1v) is 18.7. The van der Waals surface area contributed by atoms with Crippen molar-refractivity contribution in [3.63, 3.8) is 0 Å². The minimum absolute atomic E-state index is 0.661. The monoisotopic (exact) mass is 692 g/mol. The third-order valence-corrected chi connectivity index (χ3v) is 12.1. The number of rotatable bonds is 3. The predicted molar refractivity (Wildman–Crippen MR) is 224 cm³/mol. The molecule has 4 nitrogen and oxygen atoms in total. The summed E-state index contributed by atoms with van der Waals surface area (Å²) in [5.74, 6) is 0.661. The fourth-order valence-electron chi connectivity index (χ4n) is 8.54. The lowest BCUT2D eigenvalue weighted by atomic mass is 10.0. The van der Waals surface area contributed by atoms with Crippen LogP contribution < -0.4 is 0 Å². The number of benzene rings is 8. The Kier molecular flexibility index (Phi) is 5.90. The largest absolute Gasteiger partial charge is 0.309 e. The summed E-state index contributed by atoms with van der Waals surface area (Å²) in [7, 11) is 0. The lowest BCUT2D eigenvalue weighted by molar-refractivity contribution is 1.01. The first-order chi connectivity index (χ1) is 26.3. The van der Waals surface area contributed by atoms with Crippen molar-refractivity contribution in [3.8, 4) is 22.9 Å². The Labute approximate surface area is 307 Å². The number of para-hydroxylation sites is 4. The summed E-state index contributed by atoms with van der Waals surface area (Å²) >= 11 is 1.86. The molecule has 246 valence electrons. The molecule has 0 N–H and O–H groups in total. The molecule has 0 spiro atoms. The molecule has 12 rings (SSSR count). The molecule has 12 aromatic rings. The molecule has 0 bridgehead atoms. The summed E-state index contributed by atoms with van der Waals surface area (Å²) in [4.78, 5) is 10.8. The van der Waals surface area contributed by atoms with Gasteiger partial charge in [-0.15, -0.1) is 11.3 Å². The van der Waals surface area contributed by atoms with Gasteiger partial charge >= 0.3 is 0 Å². The van der Waals surface area contributed by atoms with Crippen LogP contribution in [0.1, 0.15) is 0 Å². The lowest BCUT2D eigenvalue weighted by Crippen LogP contribution is -2.03. The number of nitrogens with zero attached hydrogens (tertiary/aromatic N) is 4. The molecule has 0 fully saturated rings. The number of fused-ring (bicyclic) bond motifs is 12. The molecular weight excluding hydrogens is 665 g/mol. The summed E-state index contributed by atoms with van der Waals surface area (Å²) in [6.45, 7) is 0. The normalized spacial score (nSPS) is 12.2. The first-order valence-electron chi connectivity index (χ1n) is 17.9. The Hall–Kier alpha value is -6.82. The average Bonchev–Trinajstić information content (AvgIpc) is 3.87. The maximum atomic E-state index is 5.48. The van der Waals surface area contributed by atoms with E-state index in [1.54, 1.807) is 0 Å². The van der Waals surface area contributed by atoms with Crippen molar-refractivity contribution >= 4 is 96.8 Å². The summed E-state index contributed by atoms with van der Waals surface area (Å²) in [5.41, 5.74) is 8.56. The highest BCUT2D eigenvalue weighted by atomic mass is 32.1. The van der Waals surface area contributed by atoms with Crippen molar-refractivity contribution in [2.75, 3.05) is 0 Å². The Morgan fingerprint density at radius 3 is 1.85 bits per heavy atom. The minimum Gasteiger partial charge on any atom is -0.309 e. The third kappa shape index (κ3) is 4.11. The maximum Gasteiger partial charge on any atom is 0.235 e. The molecule has 0 amide bonds. The van der Waals surface area contributed by atoms with Crippen LogP contribution in [0.4, 0.5) is 0 Å². The third-order valence-electron chi connectivity index (χ3n) is 10.9. The van der Waals surface area contributed by atoms with E-state index in [4.69, 9.17) is 9.97 Å². The van der Waals surface area contributed by atoms with Gasteiger partial charge in [0.05, 0.1) is 33.3 Å². The zero-order valence-electron chi connectivity index (χ0n) is 28.4. The van der Waals surface area contributed by atoms with E-state index in [1.807, 2.05) is 11.3 Å². The number of hydrogen-bond donors (Lipinski definition) is 0. The van der Waals surface area contributed by atoms with Crippen LogP contribution in [0.25, 0.3) is 108 Å². The molecule has 4 aromatic heterocycles. The topological polar surface area (TPSA) is 35.6 Å².